The molecule has 0 spiro atoms. The van der Waals surface area contributed by atoms with E-state index in [1.807, 2.05) is 18.2 Å². The summed E-state index contributed by atoms with van der Waals surface area (Å²) in [5, 5.41) is 9.86. The topological polar surface area (TPSA) is 67.8 Å². The maximum atomic E-state index is 5.32. The van der Waals surface area contributed by atoms with Crippen LogP contribution in [0.5, 0.6) is 11.5 Å². The highest BCUT2D eigenvalue weighted by molar-refractivity contribution is 7.09. The van der Waals surface area contributed by atoms with Gasteiger partial charge >= 0.3 is 0 Å². The van der Waals surface area contributed by atoms with E-state index in [2.05, 4.69) is 39.8 Å². The van der Waals surface area contributed by atoms with E-state index in [-0.39, 0.29) is 0 Å². The lowest BCUT2D eigenvalue weighted by Crippen LogP contribution is -2.32. The maximum absolute atomic E-state index is 5.32. The predicted molar refractivity (Wildman–Crippen MR) is 104 cm³/mol. The summed E-state index contributed by atoms with van der Waals surface area (Å²) in [6.07, 6.45) is 0.857. The molecule has 1 aromatic carbocycles. The molecule has 1 aromatic heterocycles. The summed E-state index contributed by atoms with van der Waals surface area (Å²) in [6, 6.07) is 5.65. The van der Waals surface area contributed by atoms with E-state index >= 15 is 0 Å². The molecule has 0 aliphatic rings. The predicted octanol–water partition coefficient (Wildman–Crippen LogP) is 3.51. The van der Waals surface area contributed by atoms with Gasteiger partial charge in [-0.25, -0.2) is 4.98 Å². The van der Waals surface area contributed by atoms with Gasteiger partial charge in [0, 0.05) is 43.1 Å². The van der Waals surface area contributed by atoms with Crippen LogP contribution in [0.4, 0.5) is 5.69 Å². The van der Waals surface area contributed by atoms with E-state index in [1.54, 1.807) is 32.6 Å². The highest BCUT2D eigenvalue weighted by Crippen LogP contribution is 2.29. The van der Waals surface area contributed by atoms with Crippen LogP contribution in [-0.2, 0) is 6.42 Å². The van der Waals surface area contributed by atoms with Gasteiger partial charge in [0.1, 0.15) is 0 Å². The first-order valence-electron chi connectivity index (χ1n) is 8.21. The van der Waals surface area contributed by atoms with Gasteiger partial charge in [0.05, 0.1) is 24.9 Å². The lowest BCUT2D eigenvalue weighted by molar-refractivity contribution is 0.355. The molecule has 1 heterocycles. The van der Waals surface area contributed by atoms with E-state index in [4.69, 9.17) is 9.47 Å². The van der Waals surface area contributed by atoms with Crippen molar-refractivity contribution in [2.24, 2.45) is 4.99 Å². The number of guanidine groups is 1. The van der Waals surface area contributed by atoms with Gasteiger partial charge < -0.3 is 20.1 Å². The van der Waals surface area contributed by atoms with Crippen LogP contribution in [0.3, 0.4) is 0 Å². The number of nitrogens with one attached hydrogen (secondary N) is 2. The van der Waals surface area contributed by atoms with E-state index in [0.29, 0.717) is 23.4 Å². The molecule has 2 rings (SSSR count). The first kappa shape index (κ1) is 19.1. The Balaban J connectivity index is 1.90. The van der Waals surface area contributed by atoms with Gasteiger partial charge in [0.25, 0.3) is 0 Å². The number of benzene rings is 1. The fourth-order valence-corrected chi connectivity index (χ4v) is 3.11. The molecule has 25 heavy (non-hydrogen) atoms. The number of rotatable bonds is 7. The number of aliphatic imine (C=N–C) groups is 1. The summed E-state index contributed by atoms with van der Waals surface area (Å²) in [5.74, 6) is 2.55. The summed E-state index contributed by atoms with van der Waals surface area (Å²) in [6.45, 7) is 5.08. The molecule has 0 radical (unpaired) electrons. The Hall–Kier alpha value is -2.28. The van der Waals surface area contributed by atoms with Crippen molar-refractivity contribution in [3.05, 3.63) is 34.3 Å². The normalized spacial score (nSPS) is 11.5. The largest absolute Gasteiger partial charge is 0.493 e. The minimum absolute atomic E-state index is 0.478. The monoisotopic (exact) mass is 362 g/mol. The molecule has 0 unspecified atom stereocenters. The van der Waals surface area contributed by atoms with Crippen LogP contribution in [0.2, 0.25) is 0 Å². The zero-order valence-electron chi connectivity index (χ0n) is 15.4. The molecule has 0 bridgehead atoms. The van der Waals surface area contributed by atoms with E-state index < -0.39 is 0 Å². The van der Waals surface area contributed by atoms with Gasteiger partial charge in [-0.3, -0.25) is 4.99 Å². The first-order valence-corrected chi connectivity index (χ1v) is 9.09. The number of anilines is 1. The molecule has 136 valence electrons. The molecule has 0 aliphatic heterocycles. The molecule has 0 atom stereocenters. The highest BCUT2D eigenvalue weighted by atomic mass is 32.1. The van der Waals surface area contributed by atoms with Crippen LogP contribution in [0.25, 0.3) is 0 Å². The van der Waals surface area contributed by atoms with E-state index in [9.17, 15) is 0 Å². The van der Waals surface area contributed by atoms with Gasteiger partial charge in [-0.1, -0.05) is 13.8 Å². The lowest BCUT2D eigenvalue weighted by Gasteiger charge is -2.13. The Bertz CT molecular complexity index is 713. The summed E-state index contributed by atoms with van der Waals surface area (Å²) in [5.41, 5.74) is 1.99. The molecule has 0 fully saturated rings. The van der Waals surface area contributed by atoms with E-state index in [1.165, 1.54) is 5.01 Å². The number of aromatic nitrogens is 1. The van der Waals surface area contributed by atoms with Crippen molar-refractivity contribution in [3.8, 4) is 11.5 Å². The molecule has 2 aromatic rings. The molecule has 0 saturated carbocycles. The summed E-state index contributed by atoms with van der Waals surface area (Å²) in [4.78, 5) is 8.90. The number of hydrogen-bond acceptors (Lipinski definition) is 5. The minimum atomic E-state index is 0.478. The number of nitrogens with zero attached hydrogens (tertiary/aromatic N) is 2. The molecule has 0 saturated heterocycles. The number of ether oxygens (including phenoxy) is 2. The zero-order valence-corrected chi connectivity index (χ0v) is 16.2. The Morgan fingerprint density at radius 2 is 2.00 bits per heavy atom. The van der Waals surface area contributed by atoms with E-state index in [0.717, 1.165) is 24.3 Å². The third-order valence-electron chi connectivity index (χ3n) is 3.61. The molecular weight excluding hydrogens is 336 g/mol. The van der Waals surface area contributed by atoms with Crippen LogP contribution in [0.1, 0.15) is 30.5 Å². The molecular formula is C18H26N4O2S. The lowest BCUT2D eigenvalue weighted by atomic mass is 10.2. The summed E-state index contributed by atoms with van der Waals surface area (Å²) < 4.78 is 10.6. The van der Waals surface area contributed by atoms with Crippen molar-refractivity contribution in [1.29, 1.82) is 0 Å². The van der Waals surface area contributed by atoms with Gasteiger partial charge in [0.2, 0.25) is 0 Å². The highest BCUT2D eigenvalue weighted by Gasteiger charge is 2.08. The fraction of sp³-hybridized carbons (Fsp3) is 0.444. The van der Waals surface area contributed by atoms with Crippen LogP contribution in [0, 0.1) is 0 Å². The Morgan fingerprint density at radius 1 is 1.24 bits per heavy atom. The van der Waals surface area contributed by atoms with Crippen molar-refractivity contribution in [1.82, 2.24) is 10.3 Å². The van der Waals surface area contributed by atoms with Gasteiger partial charge in [0.15, 0.2) is 17.5 Å². The number of hydrogen-bond donors (Lipinski definition) is 2. The Kier molecular flexibility index (Phi) is 7.06. The van der Waals surface area contributed by atoms with Crippen molar-refractivity contribution in [2.45, 2.75) is 26.2 Å². The van der Waals surface area contributed by atoms with Crippen LogP contribution in [-0.4, -0.2) is 38.8 Å². The van der Waals surface area contributed by atoms with Gasteiger partial charge in [-0.15, -0.1) is 11.3 Å². The van der Waals surface area contributed by atoms with Crippen LogP contribution < -0.4 is 20.1 Å². The molecule has 0 aliphatic carbocycles. The van der Waals surface area contributed by atoms with Gasteiger partial charge in [-0.05, 0) is 12.1 Å². The fourth-order valence-electron chi connectivity index (χ4n) is 2.24. The molecule has 7 heteroatoms. The van der Waals surface area contributed by atoms with Gasteiger partial charge in [-0.2, -0.15) is 0 Å². The maximum Gasteiger partial charge on any atom is 0.195 e. The van der Waals surface area contributed by atoms with Crippen molar-refractivity contribution < 1.29 is 9.47 Å². The number of methoxy groups -OCH3 is 2. The Labute approximate surface area is 153 Å². The second-order valence-corrected chi connectivity index (χ2v) is 6.67. The van der Waals surface area contributed by atoms with Crippen molar-refractivity contribution in [3.63, 3.8) is 0 Å². The third kappa shape index (κ3) is 5.35. The Morgan fingerprint density at radius 3 is 2.60 bits per heavy atom. The second kappa shape index (κ2) is 9.27. The summed E-state index contributed by atoms with van der Waals surface area (Å²) in [7, 11) is 4.98. The molecule has 2 N–H and O–H groups in total. The average molecular weight is 362 g/mol. The standard InChI is InChI=1S/C18H26N4O2S/c1-12(2)17-21-14(11-25-17)8-9-20-18(19-3)22-13-6-7-15(23-4)16(10-13)24-5/h6-7,10-12H,8-9H2,1-5H3,(H2,19,20,22). The molecule has 0 amide bonds. The van der Waals surface area contributed by atoms with Crippen molar-refractivity contribution >= 4 is 23.0 Å². The third-order valence-corrected chi connectivity index (χ3v) is 4.80. The van der Waals surface area contributed by atoms with Crippen molar-refractivity contribution in [2.75, 3.05) is 33.1 Å². The zero-order chi connectivity index (χ0) is 18.2. The smallest absolute Gasteiger partial charge is 0.195 e. The minimum Gasteiger partial charge on any atom is -0.493 e. The number of thiazole rings is 1. The SMILES string of the molecule is CN=C(NCCc1csc(C(C)C)n1)Nc1ccc(OC)c(OC)c1. The molecule has 6 nitrogen and oxygen atoms in total. The quantitative estimate of drug-likeness (QED) is 0.583. The summed E-state index contributed by atoms with van der Waals surface area (Å²) >= 11 is 1.72. The first-order chi connectivity index (χ1) is 12.1. The van der Waals surface area contributed by atoms with Crippen LogP contribution in [0.15, 0.2) is 28.6 Å². The van der Waals surface area contributed by atoms with Crippen LogP contribution >= 0.6 is 11.3 Å². The average Bonchev–Trinajstić information content (AvgIpc) is 3.09. The second-order valence-electron chi connectivity index (χ2n) is 5.78.